The van der Waals surface area contributed by atoms with Crippen molar-refractivity contribution in [3.8, 4) is 0 Å². The molecule has 0 spiro atoms. The summed E-state index contributed by atoms with van der Waals surface area (Å²) >= 11 is 0. The van der Waals surface area contributed by atoms with Crippen molar-refractivity contribution in [3.63, 3.8) is 0 Å². The largest absolute Gasteiger partial charge is 0.295 e. The number of allylic oxidation sites excluding steroid dienone is 4. The van der Waals surface area contributed by atoms with Crippen LogP contribution in [-0.4, -0.2) is 5.78 Å². The second-order valence-corrected chi connectivity index (χ2v) is 6.02. The third kappa shape index (κ3) is 2.14. The summed E-state index contributed by atoms with van der Waals surface area (Å²) in [5.41, 5.74) is 1.86. The SMILES string of the molecule is CC1=CCCC(C)(C)C1C1CC=CC(=O)C1. The van der Waals surface area contributed by atoms with Crippen LogP contribution in [0.25, 0.3) is 0 Å². The average molecular weight is 218 g/mol. The molecule has 1 heteroatoms. The zero-order valence-corrected chi connectivity index (χ0v) is 10.6. The van der Waals surface area contributed by atoms with E-state index in [1.54, 1.807) is 6.08 Å². The summed E-state index contributed by atoms with van der Waals surface area (Å²) in [4.78, 5) is 11.5. The number of hydrogen-bond acceptors (Lipinski definition) is 1. The van der Waals surface area contributed by atoms with Gasteiger partial charge in [-0.25, -0.2) is 0 Å². The lowest BCUT2D eigenvalue weighted by molar-refractivity contribution is -0.116. The van der Waals surface area contributed by atoms with Crippen molar-refractivity contribution in [2.75, 3.05) is 0 Å². The van der Waals surface area contributed by atoms with E-state index in [1.807, 2.05) is 0 Å². The molecule has 0 amide bonds. The molecular formula is C15H22O. The van der Waals surface area contributed by atoms with Gasteiger partial charge < -0.3 is 0 Å². The minimum absolute atomic E-state index is 0.311. The van der Waals surface area contributed by atoms with Crippen LogP contribution in [0.15, 0.2) is 23.8 Å². The molecule has 2 atom stereocenters. The van der Waals surface area contributed by atoms with Crippen molar-refractivity contribution >= 4 is 5.78 Å². The summed E-state index contributed by atoms with van der Waals surface area (Å²) in [6.45, 7) is 6.96. The van der Waals surface area contributed by atoms with Crippen LogP contribution < -0.4 is 0 Å². The molecule has 0 aromatic heterocycles. The monoisotopic (exact) mass is 218 g/mol. The summed E-state index contributed by atoms with van der Waals surface area (Å²) < 4.78 is 0. The Hall–Kier alpha value is -0.850. The predicted molar refractivity (Wildman–Crippen MR) is 67.1 cm³/mol. The highest BCUT2D eigenvalue weighted by Crippen LogP contribution is 2.47. The van der Waals surface area contributed by atoms with Gasteiger partial charge in [0.25, 0.3) is 0 Å². The van der Waals surface area contributed by atoms with E-state index in [9.17, 15) is 4.79 Å². The number of ketones is 1. The highest BCUT2D eigenvalue weighted by atomic mass is 16.1. The third-order valence-electron chi connectivity index (χ3n) is 4.26. The molecule has 0 heterocycles. The van der Waals surface area contributed by atoms with E-state index in [2.05, 4.69) is 32.9 Å². The number of rotatable bonds is 1. The Labute approximate surface area is 98.6 Å². The van der Waals surface area contributed by atoms with Gasteiger partial charge in [0.15, 0.2) is 5.78 Å². The van der Waals surface area contributed by atoms with Crippen molar-refractivity contribution in [2.45, 2.75) is 46.5 Å². The molecule has 0 N–H and O–H groups in total. The minimum atomic E-state index is 0.311. The Morgan fingerprint density at radius 3 is 2.75 bits per heavy atom. The second-order valence-electron chi connectivity index (χ2n) is 6.02. The van der Waals surface area contributed by atoms with Gasteiger partial charge >= 0.3 is 0 Å². The van der Waals surface area contributed by atoms with Crippen molar-refractivity contribution in [3.05, 3.63) is 23.8 Å². The molecule has 0 saturated heterocycles. The molecule has 0 aromatic rings. The van der Waals surface area contributed by atoms with E-state index in [0.717, 1.165) is 12.8 Å². The number of hydrogen-bond donors (Lipinski definition) is 0. The maximum absolute atomic E-state index is 11.5. The quantitative estimate of drug-likeness (QED) is 0.610. The first kappa shape index (κ1) is 11.6. The van der Waals surface area contributed by atoms with E-state index in [1.165, 1.54) is 18.4 Å². The van der Waals surface area contributed by atoms with Gasteiger partial charge in [0.2, 0.25) is 0 Å². The molecule has 0 fully saturated rings. The van der Waals surface area contributed by atoms with Gasteiger partial charge in [-0.3, -0.25) is 4.79 Å². The lowest BCUT2D eigenvalue weighted by Gasteiger charge is -2.43. The molecule has 88 valence electrons. The number of carbonyl (C=O) groups excluding carboxylic acids is 1. The van der Waals surface area contributed by atoms with Crippen molar-refractivity contribution in [1.82, 2.24) is 0 Å². The molecule has 0 aliphatic heterocycles. The molecule has 0 radical (unpaired) electrons. The normalized spacial score (nSPS) is 33.7. The van der Waals surface area contributed by atoms with Gasteiger partial charge in [0.1, 0.15) is 0 Å². The van der Waals surface area contributed by atoms with Crippen LogP contribution in [0.3, 0.4) is 0 Å². The molecular weight excluding hydrogens is 196 g/mol. The highest BCUT2D eigenvalue weighted by Gasteiger charge is 2.38. The van der Waals surface area contributed by atoms with E-state index in [-0.39, 0.29) is 0 Å². The molecule has 2 aliphatic carbocycles. The fourth-order valence-corrected chi connectivity index (χ4v) is 3.62. The number of carbonyl (C=O) groups is 1. The summed E-state index contributed by atoms with van der Waals surface area (Å²) in [6, 6.07) is 0. The molecule has 1 nitrogen and oxygen atoms in total. The van der Waals surface area contributed by atoms with E-state index in [4.69, 9.17) is 0 Å². The van der Waals surface area contributed by atoms with Gasteiger partial charge in [-0.2, -0.15) is 0 Å². The average Bonchev–Trinajstić information content (AvgIpc) is 2.15. The zero-order valence-electron chi connectivity index (χ0n) is 10.6. The van der Waals surface area contributed by atoms with Gasteiger partial charge in [-0.15, -0.1) is 0 Å². The maximum Gasteiger partial charge on any atom is 0.155 e. The first-order valence-corrected chi connectivity index (χ1v) is 6.37. The van der Waals surface area contributed by atoms with E-state index in [0.29, 0.717) is 23.0 Å². The van der Waals surface area contributed by atoms with Crippen LogP contribution in [0, 0.1) is 17.3 Å². The molecule has 2 unspecified atom stereocenters. The molecule has 0 aromatic carbocycles. The fraction of sp³-hybridized carbons (Fsp3) is 0.667. The standard InChI is InChI=1S/C15H22O/c1-11-6-5-9-15(2,3)14(11)12-7-4-8-13(16)10-12/h4,6,8,12,14H,5,7,9-10H2,1-3H3. The van der Waals surface area contributed by atoms with Crippen molar-refractivity contribution in [2.24, 2.45) is 17.3 Å². The summed E-state index contributed by atoms with van der Waals surface area (Å²) in [7, 11) is 0. The molecule has 16 heavy (non-hydrogen) atoms. The van der Waals surface area contributed by atoms with Crippen LogP contribution >= 0.6 is 0 Å². The van der Waals surface area contributed by atoms with Crippen molar-refractivity contribution < 1.29 is 4.79 Å². The fourth-order valence-electron chi connectivity index (χ4n) is 3.62. The zero-order chi connectivity index (χ0) is 11.8. The molecule has 2 rings (SSSR count). The Kier molecular flexibility index (Phi) is 3.05. The summed E-state index contributed by atoms with van der Waals surface area (Å²) in [5, 5.41) is 0. The third-order valence-corrected chi connectivity index (χ3v) is 4.26. The summed E-state index contributed by atoms with van der Waals surface area (Å²) in [5.74, 6) is 1.43. The lowest BCUT2D eigenvalue weighted by Crippen LogP contribution is -2.35. The Morgan fingerprint density at radius 1 is 1.38 bits per heavy atom. The predicted octanol–water partition coefficient (Wildman–Crippen LogP) is 3.90. The maximum atomic E-state index is 11.5. The van der Waals surface area contributed by atoms with Crippen molar-refractivity contribution in [1.29, 1.82) is 0 Å². The Bertz CT molecular complexity index is 346. The first-order valence-electron chi connectivity index (χ1n) is 6.37. The van der Waals surface area contributed by atoms with Crippen LogP contribution in [0.1, 0.15) is 46.5 Å². The lowest BCUT2D eigenvalue weighted by atomic mass is 9.61. The van der Waals surface area contributed by atoms with Gasteiger partial charge in [-0.05, 0) is 49.5 Å². The molecule has 0 saturated carbocycles. The molecule has 0 bridgehead atoms. The summed E-state index contributed by atoms with van der Waals surface area (Å²) in [6.07, 6.45) is 10.5. The second kappa shape index (κ2) is 4.20. The molecule has 2 aliphatic rings. The topological polar surface area (TPSA) is 17.1 Å². The highest BCUT2D eigenvalue weighted by molar-refractivity contribution is 5.90. The Balaban J connectivity index is 2.23. The smallest absolute Gasteiger partial charge is 0.155 e. The van der Waals surface area contributed by atoms with Crippen LogP contribution in [0.2, 0.25) is 0 Å². The van der Waals surface area contributed by atoms with Gasteiger partial charge in [0, 0.05) is 6.42 Å². The van der Waals surface area contributed by atoms with Gasteiger partial charge in [0.05, 0.1) is 0 Å². The minimum Gasteiger partial charge on any atom is -0.295 e. The van der Waals surface area contributed by atoms with Gasteiger partial charge in [-0.1, -0.05) is 31.6 Å². The van der Waals surface area contributed by atoms with E-state index >= 15 is 0 Å². The Morgan fingerprint density at radius 2 is 2.12 bits per heavy atom. The van der Waals surface area contributed by atoms with Crippen LogP contribution in [0.5, 0.6) is 0 Å². The van der Waals surface area contributed by atoms with Crippen LogP contribution in [-0.2, 0) is 4.79 Å². The van der Waals surface area contributed by atoms with E-state index < -0.39 is 0 Å². The first-order chi connectivity index (χ1) is 7.50. The van der Waals surface area contributed by atoms with Crippen LogP contribution in [0.4, 0.5) is 0 Å².